The van der Waals surface area contributed by atoms with Gasteiger partial charge >= 0.3 is 0 Å². The molecule has 0 spiro atoms. The molecule has 0 atom stereocenters. The van der Waals surface area contributed by atoms with E-state index in [1.54, 1.807) is 12.1 Å². The predicted molar refractivity (Wildman–Crippen MR) is 56.6 cm³/mol. The van der Waals surface area contributed by atoms with Crippen molar-refractivity contribution in [1.29, 1.82) is 0 Å². The molecule has 0 aliphatic carbocycles. The highest BCUT2D eigenvalue weighted by atomic mass is 35.5. The van der Waals surface area contributed by atoms with Crippen molar-refractivity contribution in [2.75, 3.05) is 6.54 Å². The molecule has 0 aliphatic heterocycles. The van der Waals surface area contributed by atoms with Gasteiger partial charge in [0.1, 0.15) is 5.82 Å². The third-order valence-electron chi connectivity index (χ3n) is 1.76. The highest BCUT2D eigenvalue weighted by molar-refractivity contribution is 6.30. The van der Waals surface area contributed by atoms with E-state index < -0.39 is 0 Å². The van der Waals surface area contributed by atoms with Gasteiger partial charge < -0.3 is 5.32 Å². The summed E-state index contributed by atoms with van der Waals surface area (Å²) in [6.07, 6.45) is 5.78. The van der Waals surface area contributed by atoms with Gasteiger partial charge in [0.2, 0.25) is 0 Å². The molecule has 0 saturated heterocycles. The average molecular weight is 212 g/mol. The smallest absolute Gasteiger partial charge is 0.141 e. The molecule has 1 rings (SSSR count). The van der Waals surface area contributed by atoms with Gasteiger partial charge in [-0.05, 0) is 17.7 Å². The summed E-state index contributed by atoms with van der Waals surface area (Å²) in [5.41, 5.74) is 0.952. The number of hydrogen-bond acceptors (Lipinski definition) is 1. The summed E-state index contributed by atoms with van der Waals surface area (Å²) in [4.78, 5) is 0. The topological polar surface area (TPSA) is 12.0 Å². The zero-order valence-electron chi connectivity index (χ0n) is 7.69. The zero-order chi connectivity index (χ0) is 10.4. The fourth-order valence-electron chi connectivity index (χ4n) is 1.04. The van der Waals surface area contributed by atoms with Crippen molar-refractivity contribution in [2.24, 2.45) is 0 Å². The fraction of sp³-hybridized carbons (Fsp3) is 0.273. The van der Waals surface area contributed by atoms with Crippen LogP contribution in [0.3, 0.4) is 0 Å². The number of nitrogens with one attached hydrogen (secondary N) is 1. The second kappa shape index (κ2) is 5.64. The van der Waals surface area contributed by atoms with Crippen LogP contribution >= 0.6 is 11.6 Å². The Morgan fingerprint density at radius 2 is 2.29 bits per heavy atom. The van der Waals surface area contributed by atoms with E-state index in [0.717, 1.165) is 12.1 Å². The molecule has 3 heteroatoms. The highest BCUT2D eigenvalue weighted by Gasteiger charge is 1.99. The molecule has 74 valence electrons. The van der Waals surface area contributed by atoms with E-state index in [-0.39, 0.29) is 10.8 Å². The quantitative estimate of drug-likeness (QED) is 0.596. The summed E-state index contributed by atoms with van der Waals surface area (Å²) in [5, 5.41) is 3.28. The van der Waals surface area contributed by atoms with Crippen molar-refractivity contribution in [3.05, 3.63) is 34.6 Å². The SMILES string of the molecule is C#CCCNCc1ccc(F)c(Cl)c1. The molecule has 0 unspecified atom stereocenters. The minimum absolute atomic E-state index is 0.154. The first-order valence-corrected chi connectivity index (χ1v) is 4.70. The molecule has 1 N–H and O–H groups in total. The van der Waals surface area contributed by atoms with Crippen molar-refractivity contribution in [3.63, 3.8) is 0 Å². The van der Waals surface area contributed by atoms with Crippen molar-refractivity contribution in [3.8, 4) is 12.3 Å². The summed E-state index contributed by atoms with van der Waals surface area (Å²) in [7, 11) is 0. The van der Waals surface area contributed by atoms with Gasteiger partial charge in [-0.1, -0.05) is 17.7 Å². The molecule has 1 nitrogen and oxygen atoms in total. The second-order valence-corrected chi connectivity index (χ2v) is 3.29. The van der Waals surface area contributed by atoms with Gasteiger partial charge in [-0.3, -0.25) is 0 Å². The maximum atomic E-state index is 12.8. The van der Waals surface area contributed by atoms with E-state index in [1.165, 1.54) is 6.07 Å². The minimum Gasteiger partial charge on any atom is -0.312 e. The predicted octanol–water partition coefficient (Wildman–Crippen LogP) is 2.59. The molecule has 0 aromatic heterocycles. The van der Waals surface area contributed by atoms with Crippen molar-refractivity contribution >= 4 is 11.6 Å². The Kier molecular flexibility index (Phi) is 4.45. The first-order chi connectivity index (χ1) is 6.74. The summed E-state index contributed by atoms with van der Waals surface area (Å²) in [6.45, 7) is 1.41. The lowest BCUT2D eigenvalue weighted by molar-refractivity contribution is 0.625. The van der Waals surface area contributed by atoms with Crippen LogP contribution in [0.5, 0.6) is 0 Å². The van der Waals surface area contributed by atoms with Gasteiger partial charge in [0.25, 0.3) is 0 Å². The molecule has 1 aromatic carbocycles. The van der Waals surface area contributed by atoms with Crippen LogP contribution in [0.25, 0.3) is 0 Å². The number of benzene rings is 1. The van der Waals surface area contributed by atoms with E-state index in [2.05, 4.69) is 11.2 Å². The number of halogens is 2. The lowest BCUT2D eigenvalue weighted by Gasteiger charge is -2.03. The minimum atomic E-state index is -0.390. The monoisotopic (exact) mass is 211 g/mol. The van der Waals surface area contributed by atoms with Gasteiger partial charge in [-0.15, -0.1) is 12.3 Å². The Balaban J connectivity index is 2.44. The zero-order valence-corrected chi connectivity index (χ0v) is 8.44. The third-order valence-corrected chi connectivity index (χ3v) is 2.05. The van der Waals surface area contributed by atoms with Crippen molar-refractivity contribution in [1.82, 2.24) is 5.32 Å². The molecular weight excluding hydrogens is 201 g/mol. The molecule has 0 amide bonds. The molecule has 0 radical (unpaired) electrons. The maximum Gasteiger partial charge on any atom is 0.141 e. The summed E-state index contributed by atoms with van der Waals surface area (Å²) in [6, 6.07) is 4.67. The van der Waals surface area contributed by atoms with Crippen molar-refractivity contribution < 1.29 is 4.39 Å². The number of rotatable bonds is 4. The molecule has 1 aromatic rings. The molecule has 0 bridgehead atoms. The molecule has 0 aliphatic rings. The maximum absolute atomic E-state index is 12.8. The van der Waals surface area contributed by atoms with E-state index in [9.17, 15) is 4.39 Å². The van der Waals surface area contributed by atoms with Crippen LogP contribution in [0.1, 0.15) is 12.0 Å². The van der Waals surface area contributed by atoms with E-state index in [1.807, 2.05) is 0 Å². The third kappa shape index (κ3) is 3.37. The lowest BCUT2D eigenvalue weighted by Crippen LogP contribution is -2.14. The fourth-order valence-corrected chi connectivity index (χ4v) is 1.25. The van der Waals surface area contributed by atoms with Crippen molar-refractivity contribution in [2.45, 2.75) is 13.0 Å². The van der Waals surface area contributed by atoms with Gasteiger partial charge in [0.05, 0.1) is 5.02 Å². The van der Waals surface area contributed by atoms with E-state index in [0.29, 0.717) is 13.0 Å². The number of hydrogen-bond donors (Lipinski definition) is 1. The Morgan fingerprint density at radius 3 is 2.93 bits per heavy atom. The Hall–Kier alpha value is -1.04. The first-order valence-electron chi connectivity index (χ1n) is 4.32. The Bertz CT molecular complexity index is 344. The molecule has 14 heavy (non-hydrogen) atoms. The standard InChI is InChI=1S/C11H11ClFN/c1-2-3-6-14-8-9-4-5-11(13)10(12)7-9/h1,4-5,7,14H,3,6,8H2. The molecular formula is C11H11ClFN. The van der Waals surface area contributed by atoms with Crippen LogP contribution in [-0.4, -0.2) is 6.54 Å². The molecule has 0 heterocycles. The van der Waals surface area contributed by atoms with Crippen LogP contribution in [0, 0.1) is 18.2 Å². The highest BCUT2D eigenvalue weighted by Crippen LogP contribution is 2.15. The summed E-state index contributed by atoms with van der Waals surface area (Å²) < 4.78 is 12.8. The Morgan fingerprint density at radius 1 is 1.50 bits per heavy atom. The molecule has 0 saturated carbocycles. The van der Waals surface area contributed by atoms with Crippen LogP contribution in [0.4, 0.5) is 4.39 Å². The van der Waals surface area contributed by atoms with Gasteiger partial charge in [-0.2, -0.15) is 0 Å². The van der Waals surface area contributed by atoms with Crippen LogP contribution < -0.4 is 5.32 Å². The lowest BCUT2D eigenvalue weighted by atomic mass is 10.2. The van der Waals surface area contributed by atoms with Gasteiger partial charge in [-0.25, -0.2) is 4.39 Å². The molecule has 0 fully saturated rings. The van der Waals surface area contributed by atoms with E-state index in [4.69, 9.17) is 18.0 Å². The summed E-state index contributed by atoms with van der Waals surface area (Å²) in [5.74, 6) is 2.14. The summed E-state index contributed by atoms with van der Waals surface area (Å²) >= 11 is 5.62. The van der Waals surface area contributed by atoms with Crippen LogP contribution in [0.15, 0.2) is 18.2 Å². The normalized spacial score (nSPS) is 9.79. The average Bonchev–Trinajstić information content (AvgIpc) is 2.18. The van der Waals surface area contributed by atoms with Gasteiger partial charge in [0, 0.05) is 19.5 Å². The second-order valence-electron chi connectivity index (χ2n) is 2.88. The van der Waals surface area contributed by atoms with Crippen LogP contribution in [0.2, 0.25) is 5.02 Å². The van der Waals surface area contributed by atoms with Crippen LogP contribution in [-0.2, 0) is 6.54 Å². The van der Waals surface area contributed by atoms with E-state index >= 15 is 0 Å². The largest absolute Gasteiger partial charge is 0.312 e. The van der Waals surface area contributed by atoms with Gasteiger partial charge in [0.15, 0.2) is 0 Å². The Labute approximate surface area is 88.3 Å². The first kappa shape index (κ1) is 11.0. The number of terminal acetylenes is 1.